The molecule has 1 heterocycles. The standard InChI is InChI=1S/C20H46O6P2S4Si2/c1-13-23-27(21,24-14-2)19(29-5)32-18(34(10,11)12)17(33(7,8)9)31-20(32,30-6)28(22,25-15-3)26-16-4/h17-18H,13-16H2,1-12H3/t17-,18-,20-,32?/m0/s1. The molecule has 6 nitrogen and oxygen atoms in total. The van der Waals surface area contributed by atoms with Crippen molar-refractivity contribution in [2.45, 2.75) is 79.9 Å². The molecule has 4 atom stereocenters. The third kappa shape index (κ3) is 6.95. The Labute approximate surface area is 225 Å². The van der Waals surface area contributed by atoms with Gasteiger partial charge >= 0.3 is 15.2 Å². The van der Waals surface area contributed by atoms with Crippen molar-refractivity contribution >= 4 is 81.0 Å². The van der Waals surface area contributed by atoms with Crippen molar-refractivity contribution in [3.05, 3.63) is 0 Å². The maximum Gasteiger partial charge on any atom is 0.373 e. The first-order valence-corrected chi connectivity index (χ1v) is 26.6. The van der Waals surface area contributed by atoms with Gasteiger partial charge < -0.3 is 18.1 Å². The number of rotatable bonds is 13. The van der Waals surface area contributed by atoms with E-state index in [1.807, 2.05) is 40.2 Å². The molecule has 34 heavy (non-hydrogen) atoms. The van der Waals surface area contributed by atoms with Crippen molar-refractivity contribution in [2.24, 2.45) is 0 Å². The van der Waals surface area contributed by atoms with Gasteiger partial charge in [-0.15, -0.1) is 45.8 Å². The summed E-state index contributed by atoms with van der Waals surface area (Å²) < 4.78 is 52.8. The molecule has 0 aliphatic carbocycles. The van der Waals surface area contributed by atoms with E-state index in [4.69, 9.17) is 18.1 Å². The fourth-order valence-electron chi connectivity index (χ4n) is 3.99. The first-order valence-electron chi connectivity index (χ1n) is 11.7. The highest BCUT2D eigenvalue weighted by atomic mass is 32.3. The molecule has 0 radical (unpaired) electrons. The second-order valence-electron chi connectivity index (χ2n) is 9.89. The first-order chi connectivity index (χ1) is 15.6. The Bertz CT molecular complexity index is 798. The van der Waals surface area contributed by atoms with Crippen molar-refractivity contribution in [2.75, 3.05) is 38.9 Å². The highest BCUT2D eigenvalue weighted by Crippen LogP contribution is 2.84. The van der Waals surface area contributed by atoms with Crippen LogP contribution >= 0.6 is 61.0 Å². The maximum atomic E-state index is 14.7. The number of hydrogen-bond donors (Lipinski definition) is 0. The van der Waals surface area contributed by atoms with Gasteiger partial charge in [-0.25, -0.2) is 0 Å². The Balaban J connectivity index is 4.32. The van der Waals surface area contributed by atoms with Crippen molar-refractivity contribution in [3.63, 3.8) is 0 Å². The predicted molar refractivity (Wildman–Crippen MR) is 166 cm³/mol. The zero-order valence-corrected chi connectivity index (χ0v) is 30.0. The van der Waals surface area contributed by atoms with Crippen molar-refractivity contribution in [1.82, 2.24) is 0 Å². The summed E-state index contributed by atoms with van der Waals surface area (Å²) >= 11 is 4.79. The number of hydrogen-bond acceptors (Lipinski definition) is 9. The molecule has 0 aromatic heterocycles. The van der Waals surface area contributed by atoms with E-state index in [-0.39, 0.29) is 31.3 Å². The molecule has 0 N–H and O–H groups in total. The van der Waals surface area contributed by atoms with Gasteiger partial charge in [0.25, 0.3) is 0 Å². The van der Waals surface area contributed by atoms with Gasteiger partial charge in [0.15, 0.2) is 0 Å². The summed E-state index contributed by atoms with van der Waals surface area (Å²) in [6, 6.07) is 0. The number of thioether (sulfide) groups is 3. The molecular weight excluding hydrogens is 583 g/mol. The van der Waals surface area contributed by atoms with Crippen LogP contribution < -0.4 is 0 Å². The van der Waals surface area contributed by atoms with E-state index in [0.29, 0.717) is 8.81 Å². The molecule has 1 unspecified atom stereocenters. The minimum Gasteiger partial charge on any atom is -0.307 e. The lowest BCUT2D eigenvalue weighted by molar-refractivity contribution is 0.221. The van der Waals surface area contributed by atoms with E-state index < -0.39 is 45.0 Å². The van der Waals surface area contributed by atoms with Gasteiger partial charge in [-0.3, -0.25) is 9.13 Å². The van der Waals surface area contributed by atoms with Crippen molar-refractivity contribution in [3.8, 4) is 0 Å². The molecule has 204 valence electrons. The average Bonchev–Trinajstić information content (AvgIpc) is 3.07. The summed E-state index contributed by atoms with van der Waals surface area (Å²) in [4.78, 5) is 0.547. The molecule has 1 fully saturated rings. The molecule has 0 saturated carbocycles. The van der Waals surface area contributed by atoms with E-state index in [0.717, 1.165) is 0 Å². The van der Waals surface area contributed by atoms with Crippen LogP contribution in [-0.2, 0) is 27.2 Å². The summed E-state index contributed by atoms with van der Waals surface area (Å²) in [7, 11) is -11.6. The lowest BCUT2D eigenvalue weighted by atomic mass is 10.9. The smallest absolute Gasteiger partial charge is 0.307 e. The Kier molecular flexibility index (Phi) is 13.4. The van der Waals surface area contributed by atoms with Crippen LogP contribution in [0.4, 0.5) is 0 Å². The van der Waals surface area contributed by atoms with Gasteiger partial charge in [-0.2, -0.15) is 0 Å². The SMILES string of the molecule is CCOP(=O)(OCC)/C(SC)=S1/[C@@H]([Si](C)(C)C)[C@H]([Si](C)(C)C)S[C@@]1(SC)P(=O)(OCC)OCC. The van der Waals surface area contributed by atoms with Gasteiger partial charge in [0, 0.05) is 9.75 Å². The van der Waals surface area contributed by atoms with E-state index in [1.165, 1.54) is 11.8 Å². The predicted octanol–water partition coefficient (Wildman–Crippen LogP) is 8.45. The summed E-state index contributed by atoms with van der Waals surface area (Å²) in [6.07, 6.45) is 3.94. The fraction of sp³-hybridized carbons (Fsp3) is 0.950. The second kappa shape index (κ2) is 13.4. The van der Waals surface area contributed by atoms with Crippen LogP contribution in [0.2, 0.25) is 39.3 Å². The van der Waals surface area contributed by atoms with Crippen molar-refractivity contribution in [1.29, 1.82) is 0 Å². The third-order valence-corrected chi connectivity index (χ3v) is 32.1. The molecule has 0 bridgehead atoms. The van der Waals surface area contributed by atoms with Gasteiger partial charge in [0.1, 0.15) is 3.94 Å². The average molecular weight is 629 g/mol. The highest BCUT2D eigenvalue weighted by molar-refractivity contribution is 8.56. The molecule has 0 aromatic carbocycles. The van der Waals surface area contributed by atoms with Gasteiger partial charge in [0.05, 0.1) is 42.6 Å². The third-order valence-electron chi connectivity index (χ3n) is 5.17. The highest BCUT2D eigenvalue weighted by Gasteiger charge is 2.67. The van der Waals surface area contributed by atoms with Crippen LogP contribution in [0, 0.1) is 0 Å². The van der Waals surface area contributed by atoms with Crippen LogP contribution in [0.3, 0.4) is 0 Å². The Morgan fingerprint density at radius 1 is 0.853 bits per heavy atom. The maximum absolute atomic E-state index is 14.7. The zero-order valence-electron chi connectivity index (χ0n) is 23.0. The first kappa shape index (κ1) is 34.0. The molecule has 0 aromatic rings. The molecule has 1 rings (SSSR count). The molecule has 1 aliphatic heterocycles. The van der Waals surface area contributed by atoms with Crippen LogP contribution in [-0.4, -0.2) is 71.9 Å². The van der Waals surface area contributed by atoms with Gasteiger partial charge in [0.2, 0.25) is 3.15 Å². The molecular formula is C20H46O6P2S4Si2. The summed E-state index contributed by atoms with van der Waals surface area (Å²) in [5.74, 6) is 0. The molecule has 1 aliphatic rings. The topological polar surface area (TPSA) is 71.1 Å². The molecule has 14 heteroatoms. The summed E-state index contributed by atoms with van der Waals surface area (Å²) in [6.45, 7) is 22.8. The second-order valence-corrected chi connectivity index (χ2v) is 33.5. The quantitative estimate of drug-likeness (QED) is 0.113. The Hall–Kier alpha value is 2.00. The van der Waals surface area contributed by atoms with E-state index in [2.05, 4.69) is 39.3 Å². The van der Waals surface area contributed by atoms with E-state index >= 15 is 0 Å². The van der Waals surface area contributed by atoms with E-state index in [1.54, 1.807) is 23.5 Å². The van der Waals surface area contributed by atoms with Crippen LogP contribution in [0.15, 0.2) is 0 Å². The fourth-order valence-corrected chi connectivity index (χ4v) is 37.0. The van der Waals surface area contributed by atoms with Crippen LogP contribution in [0.25, 0.3) is 0 Å². The zero-order chi connectivity index (χ0) is 26.6. The molecule has 1 saturated heterocycles. The molecule has 0 amide bonds. The lowest BCUT2D eigenvalue weighted by Gasteiger charge is -2.40. The van der Waals surface area contributed by atoms with Crippen LogP contribution in [0.1, 0.15) is 27.7 Å². The summed E-state index contributed by atoms with van der Waals surface area (Å²) in [5, 5.41) is 0. The van der Waals surface area contributed by atoms with Gasteiger partial charge in [-0.1, -0.05) is 39.3 Å². The minimum absolute atomic E-state index is 0.238. The molecule has 0 spiro atoms. The normalized spacial score (nSPS) is 27.3. The van der Waals surface area contributed by atoms with E-state index in [9.17, 15) is 9.13 Å². The van der Waals surface area contributed by atoms with Gasteiger partial charge in [-0.05, 0) is 40.2 Å². The monoisotopic (exact) mass is 628 g/mol. The van der Waals surface area contributed by atoms with Crippen molar-refractivity contribution < 1.29 is 27.2 Å². The Morgan fingerprint density at radius 2 is 1.29 bits per heavy atom. The lowest BCUT2D eigenvalue weighted by Crippen LogP contribution is -2.51. The summed E-state index contributed by atoms with van der Waals surface area (Å²) in [5.41, 5.74) is 0. The van der Waals surface area contributed by atoms with Crippen LogP contribution in [0.5, 0.6) is 0 Å². The minimum atomic E-state index is -3.63. The Morgan fingerprint density at radius 3 is 1.59 bits per heavy atom. The largest absolute Gasteiger partial charge is 0.373 e.